The Balaban J connectivity index is 2.29. The van der Waals surface area contributed by atoms with E-state index in [1.165, 1.54) is 6.07 Å². The second kappa shape index (κ2) is 5.18. The molecule has 1 aliphatic heterocycles. The number of piperazine rings is 1. The van der Waals surface area contributed by atoms with E-state index in [2.05, 4.69) is 29.7 Å². The van der Waals surface area contributed by atoms with Crippen LogP contribution in [0.3, 0.4) is 0 Å². The van der Waals surface area contributed by atoms with Crippen LogP contribution in [0.5, 0.6) is 0 Å². The van der Waals surface area contributed by atoms with Gasteiger partial charge in [0.05, 0.1) is 18.2 Å². The first-order valence-corrected chi connectivity index (χ1v) is 6.55. The summed E-state index contributed by atoms with van der Waals surface area (Å²) in [5.74, 6) is -0.196. The molecule has 0 spiro atoms. The van der Waals surface area contributed by atoms with Crippen molar-refractivity contribution < 1.29 is 4.39 Å². The smallest absolute Gasteiger partial charge is 0.146 e. The van der Waals surface area contributed by atoms with Gasteiger partial charge in [-0.15, -0.1) is 0 Å². The van der Waals surface area contributed by atoms with Gasteiger partial charge in [0, 0.05) is 24.7 Å². The normalized spacial score (nSPS) is 23.1. The maximum Gasteiger partial charge on any atom is 0.146 e. The third-order valence-corrected chi connectivity index (χ3v) is 4.03. The molecule has 102 valence electrons. The van der Waals surface area contributed by atoms with Gasteiger partial charge in [0.1, 0.15) is 5.82 Å². The molecule has 2 rings (SSSR count). The third kappa shape index (κ3) is 2.71. The number of para-hydroxylation sites is 1. The number of hydrogen-bond donors (Lipinski definition) is 0. The molecule has 19 heavy (non-hydrogen) atoms. The molecule has 0 saturated carbocycles. The van der Waals surface area contributed by atoms with E-state index in [0.29, 0.717) is 18.7 Å². The lowest BCUT2D eigenvalue weighted by molar-refractivity contribution is 0.0823. The van der Waals surface area contributed by atoms with Crippen molar-refractivity contribution in [2.24, 2.45) is 0 Å². The van der Waals surface area contributed by atoms with Crippen LogP contribution in [0.1, 0.15) is 20.3 Å². The van der Waals surface area contributed by atoms with Crippen molar-refractivity contribution in [2.45, 2.75) is 31.8 Å². The van der Waals surface area contributed by atoms with Crippen LogP contribution in [0.2, 0.25) is 0 Å². The molecule has 3 nitrogen and oxygen atoms in total. The standard InChI is InChI=1S/C15H20FN3/c1-15(2)11-19(10-12(8-9-17)18(15)3)14-7-5-4-6-13(14)16/h4-7,12H,8,10-11H2,1-3H3. The van der Waals surface area contributed by atoms with E-state index < -0.39 is 0 Å². The first-order chi connectivity index (χ1) is 8.95. The first-order valence-electron chi connectivity index (χ1n) is 6.55. The van der Waals surface area contributed by atoms with Crippen molar-refractivity contribution in [3.8, 4) is 6.07 Å². The molecule has 0 amide bonds. The van der Waals surface area contributed by atoms with Gasteiger partial charge in [0.25, 0.3) is 0 Å². The molecule has 4 heteroatoms. The largest absolute Gasteiger partial charge is 0.366 e. The monoisotopic (exact) mass is 261 g/mol. The Hall–Kier alpha value is -1.60. The van der Waals surface area contributed by atoms with Crippen LogP contribution >= 0.6 is 0 Å². The predicted octanol–water partition coefficient (Wildman–Crippen LogP) is 2.64. The molecule has 1 saturated heterocycles. The minimum absolute atomic E-state index is 0.0813. The average Bonchev–Trinajstić information content (AvgIpc) is 2.35. The molecular formula is C15H20FN3. The van der Waals surface area contributed by atoms with Crippen LogP contribution in [-0.2, 0) is 0 Å². The third-order valence-electron chi connectivity index (χ3n) is 4.03. The Kier molecular flexibility index (Phi) is 3.77. The minimum Gasteiger partial charge on any atom is -0.366 e. The van der Waals surface area contributed by atoms with E-state index in [4.69, 9.17) is 5.26 Å². The first kappa shape index (κ1) is 13.8. The Morgan fingerprint density at radius 1 is 1.42 bits per heavy atom. The summed E-state index contributed by atoms with van der Waals surface area (Å²) < 4.78 is 13.9. The zero-order valence-electron chi connectivity index (χ0n) is 11.7. The van der Waals surface area contributed by atoms with Crippen LogP contribution in [0.15, 0.2) is 24.3 Å². The van der Waals surface area contributed by atoms with Gasteiger partial charge in [-0.05, 0) is 33.0 Å². The topological polar surface area (TPSA) is 30.3 Å². The number of anilines is 1. The molecule has 1 unspecified atom stereocenters. The summed E-state index contributed by atoms with van der Waals surface area (Å²) in [6, 6.07) is 9.21. The summed E-state index contributed by atoms with van der Waals surface area (Å²) in [5.41, 5.74) is 0.550. The van der Waals surface area contributed by atoms with Gasteiger partial charge in [0.2, 0.25) is 0 Å². The summed E-state index contributed by atoms with van der Waals surface area (Å²) in [5, 5.41) is 8.95. The number of rotatable bonds is 2. The fourth-order valence-corrected chi connectivity index (χ4v) is 2.71. The molecule has 1 aromatic rings. The molecule has 0 aromatic heterocycles. The van der Waals surface area contributed by atoms with Gasteiger partial charge < -0.3 is 4.90 Å². The molecule has 0 bridgehead atoms. The lowest BCUT2D eigenvalue weighted by atomic mass is 9.94. The van der Waals surface area contributed by atoms with Gasteiger partial charge in [0.15, 0.2) is 0 Å². The number of hydrogen-bond acceptors (Lipinski definition) is 3. The number of nitriles is 1. The van der Waals surface area contributed by atoms with Crippen molar-refractivity contribution in [3.05, 3.63) is 30.1 Å². The Morgan fingerprint density at radius 3 is 2.74 bits per heavy atom. The van der Waals surface area contributed by atoms with Crippen LogP contribution in [0, 0.1) is 17.1 Å². The van der Waals surface area contributed by atoms with E-state index in [0.717, 1.165) is 6.54 Å². The summed E-state index contributed by atoms with van der Waals surface area (Å²) in [7, 11) is 2.04. The van der Waals surface area contributed by atoms with Gasteiger partial charge in [-0.1, -0.05) is 12.1 Å². The quantitative estimate of drug-likeness (QED) is 0.820. The van der Waals surface area contributed by atoms with Gasteiger partial charge in [-0.2, -0.15) is 5.26 Å². The summed E-state index contributed by atoms with van der Waals surface area (Å²) in [6.07, 6.45) is 0.463. The van der Waals surface area contributed by atoms with Crippen LogP contribution in [-0.4, -0.2) is 36.6 Å². The fraction of sp³-hybridized carbons (Fsp3) is 0.533. The maximum absolute atomic E-state index is 13.9. The minimum atomic E-state index is -0.196. The van der Waals surface area contributed by atoms with Gasteiger partial charge in [-0.3, -0.25) is 4.90 Å². The zero-order valence-corrected chi connectivity index (χ0v) is 11.7. The summed E-state index contributed by atoms with van der Waals surface area (Å²) >= 11 is 0. The maximum atomic E-state index is 13.9. The van der Waals surface area contributed by atoms with Crippen LogP contribution in [0.4, 0.5) is 10.1 Å². The lowest BCUT2D eigenvalue weighted by Gasteiger charge is -2.50. The highest BCUT2D eigenvalue weighted by Gasteiger charge is 2.37. The fourth-order valence-electron chi connectivity index (χ4n) is 2.71. The second-order valence-corrected chi connectivity index (χ2v) is 5.77. The predicted molar refractivity (Wildman–Crippen MR) is 74.5 cm³/mol. The van der Waals surface area contributed by atoms with Crippen molar-refractivity contribution >= 4 is 5.69 Å². The Labute approximate surface area is 114 Å². The van der Waals surface area contributed by atoms with E-state index >= 15 is 0 Å². The SMILES string of the molecule is CN1C(CC#N)CN(c2ccccc2F)CC1(C)C. The van der Waals surface area contributed by atoms with E-state index in [-0.39, 0.29) is 17.4 Å². The zero-order chi connectivity index (χ0) is 14.0. The van der Waals surface area contributed by atoms with Gasteiger partial charge in [-0.25, -0.2) is 4.39 Å². The molecule has 1 aliphatic rings. The molecule has 1 fully saturated rings. The highest BCUT2D eigenvalue weighted by molar-refractivity contribution is 5.49. The Bertz CT molecular complexity index is 492. The number of nitrogens with zero attached hydrogens (tertiary/aromatic N) is 3. The van der Waals surface area contributed by atoms with Crippen molar-refractivity contribution in [3.63, 3.8) is 0 Å². The lowest BCUT2D eigenvalue weighted by Crippen LogP contribution is -2.62. The molecule has 0 N–H and O–H groups in total. The molecule has 0 radical (unpaired) electrons. The van der Waals surface area contributed by atoms with Crippen molar-refractivity contribution in [2.75, 3.05) is 25.0 Å². The van der Waals surface area contributed by atoms with Crippen molar-refractivity contribution in [1.82, 2.24) is 4.90 Å². The number of likely N-dealkylation sites (N-methyl/N-ethyl adjacent to an activating group) is 1. The van der Waals surface area contributed by atoms with Gasteiger partial charge >= 0.3 is 0 Å². The van der Waals surface area contributed by atoms with Crippen molar-refractivity contribution in [1.29, 1.82) is 5.26 Å². The summed E-state index contributed by atoms with van der Waals surface area (Å²) in [6.45, 7) is 5.70. The molecule has 1 heterocycles. The number of halogens is 1. The van der Waals surface area contributed by atoms with E-state index in [9.17, 15) is 4.39 Å². The van der Waals surface area contributed by atoms with Crippen LogP contribution in [0.25, 0.3) is 0 Å². The highest BCUT2D eigenvalue weighted by Crippen LogP contribution is 2.30. The molecular weight excluding hydrogens is 241 g/mol. The van der Waals surface area contributed by atoms with Crippen LogP contribution < -0.4 is 4.90 Å². The summed E-state index contributed by atoms with van der Waals surface area (Å²) in [4.78, 5) is 4.28. The molecule has 1 atom stereocenters. The Morgan fingerprint density at radius 2 is 2.11 bits per heavy atom. The second-order valence-electron chi connectivity index (χ2n) is 5.77. The number of benzene rings is 1. The van der Waals surface area contributed by atoms with E-state index in [1.54, 1.807) is 12.1 Å². The van der Waals surface area contributed by atoms with E-state index in [1.807, 2.05) is 13.1 Å². The average molecular weight is 261 g/mol. The molecule has 1 aromatic carbocycles. The molecule has 0 aliphatic carbocycles. The highest BCUT2D eigenvalue weighted by atomic mass is 19.1.